The van der Waals surface area contributed by atoms with Crippen LogP contribution in [0.25, 0.3) is 0 Å². The smallest absolute Gasteiger partial charge is 0.378 e. The second kappa shape index (κ2) is 9.24. The van der Waals surface area contributed by atoms with E-state index in [9.17, 15) is 18.0 Å². The van der Waals surface area contributed by atoms with E-state index in [0.29, 0.717) is 17.9 Å². The molecule has 3 aliphatic rings. The van der Waals surface area contributed by atoms with Crippen molar-refractivity contribution in [2.75, 3.05) is 19.8 Å². The van der Waals surface area contributed by atoms with E-state index in [1.54, 1.807) is 0 Å². The maximum Gasteiger partial charge on any atom is 0.397 e. The number of hydrogen-bond donors (Lipinski definition) is 2. The van der Waals surface area contributed by atoms with Crippen molar-refractivity contribution in [3.63, 3.8) is 0 Å². The molecule has 1 amide bonds. The summed E-state index contributed by atoms with van der Waals surface area (Å²) in [5.41, 5.74) is 6.11. The van der Waals surface area contributed by atoms with Gasteiger partial charge in [-0.15, -0.1) is 0 Å². The molecule has 2 N–H and O–H groups in total. The quantitative estimate of drug-likeness (QED) is 0.640. The zero-order chi connectivity index (χ0) is 24.9. The summed E-state index contributed by atoms with van der Waals surface area (Å²) in [5, 5.41) is 15.4. The number of nitrogens with zero attached hydrogens (tertiary/aromatic N) is 4. The Morgan fingerprint density at radius 2 is 1.74 bits per heavy atom. The molecule has 0 saturated carbocycles. The topological polar surface area (TPSA) is 90.1 Å². The largest absolute Gasteiger partial charge is 0.397 e. The number of aromatic amines is 2. The number of rotatable bonds is 6. The van der Waals surface area contributed by atoms with Gasteiger partial charge in [-0.3, -0.25) is 19.9 Å². The molecule has 2 atom stereocenters. The lowest BCUT2D eigenvalue weighted by Crippen LogP contribution is -2.49. The van der Waals surface area contributed by atoms with Crippen LogP contribution in [0.1, 0.15) is 79.4 Å². The number of carbonyl (C=O) groups excluding carboxylic acids is 1. The fraction of sp³-hybridized carbons (Fsp3) is 0.708. The Labute approximate surface area is 202 Å². The Hall–Kier alpha value is -2.40. The van der Waals surface area contributed by atoms with Gasteiger partial charge in [0.2, 0.25) is 5.91 Å². The van der Waals surface area contributed by atoms with Gasteiger partial charge < -0.3 is 9.64 Å². The standard InChI is InChI=1S/C24H33F3N6O2/c1-13(2)22-17-8-32(16-11-35-12-16)7-15(5-19(17)28-30-22)4-14(3)23-18-9-33(10-20(18)29-31-23)21(34)6-24(25,26)27/h13-16H,4-12H2,1-3H3,(H,28,30)(H,29,31). The van der Waals surface area contributed by atoms with Crippen molar-refractivity contribution in [3.05, 3.63) is 33.9 Å². The molecule has 5 heterocycles. The molecule has 0 spiro atoms. The van der Waals surface area contributed by atoms with Crippen LogP contribution in [0.4, 0.5) is 13.2 Å². The van der Waals surface area contributed by atoms with Crippen LogP contribution in [0.3, 0.4) is 0 Å². The highest BCUT2D eigenvalue weighted by Gasteiger charge is 2.38. The summed E-state index contributed by atoms with van der Waals surface area (Å²) in [4.78, 5) is 15.9. The van der Waals surface area contributed by atoms with Gasteiger partial charge in [-0.1, -0.05) is 20.8 Å². The van der Waals surface area contributed by atoms with Gasteiger partial charge in [0.1, 0.15) is 6.42 Å². The lowest BCUT2D eigenvalue weighted by molar-refractivity contribution is -0.161. The third kappa shape index (κ3) is 4.97. The average molecular weight is 495 g/mol. The number of ether oxygens (including phenoxy) is 1. The van der Waals surface area contributed by atoms with Gasteiger partial charge in [0, 0.05) is 42.4 Å². The average Bonchev–Trinajstić information content (AvgIpc) is 3.37. The Kier molecular flexibility index (Phi) is 6.41. The molecule has 0 bridgehead atoms. The van der Waals surface area contributed by atoms with E-state index in [0.717, 1.165) is 61.8 Å². The second-order valence-corrected chi connectivity index (χ2v) is 10.7. The summed E-state index contributed by atoms with van der Waals surface area (Å²) in [5.74, 6) is -0.0783. The van der Waals surface area contributed by atoms with Gasteiger partial charge in [-0.05, 0) is 24.7 Å². The number of aromatic nitrogens is 4. The zero-order valence-electron chi connectivity index (χ0n) is 20.4. The first-order chi connectivity index (χ1) is 16.6. The fourth-order valence-electron chi connectivity index (χ4n) is 5.70. The van der Waals surface area contributed by atoms with E-state index in [2.05, 4.69) is 46.1 Å². The molecule has 35 heavy (non-hydrogen) atoms. The van der Waals surface area contributed by atoms with Gasteiger partial charge >= 0.3 is 6.18 Å². The molecule has 5 rings (SSSR count). The molecule has 2 aromatic rings. The van der Waals surface area contributed by atoms with Gasteiger partial charge in [0.15, 0.2) is 0 Å². The summed E-state index contributed by atoms with van der Waals surface area (Å²) in [6.07, 6.45) is -4.15. The highest BCUT2D eigenvalue weighted by molar-refractivity contribution is 5.77. The predicted octanol–water partition coefficient (Wildman–Crippen LogP) is 3.62. The molecule has 1 fully saturated rings. The van der Waals surface area contributed by atoms with Crippen molar-refractivity contribution in [2.45, 2.75) is 83.7 Å². The first-order valence-electron chi connectivity index (χ1n) is 12.4. The number of H-pyrrole nitrogens is 2. The molecule has 1 saturated heterocycles. The minimum atomic E-state index is -4.50. The van der Waals surface area contributed by atoms with Crippen molar-refractivity contribution in [2.24, 2.45) is 5.92 Å². The van der Waals surface area contributed by atoms with Crippen LogP contribution in [-0.4, -0.2) is 68.1 Å². The number of carbonyl (C=O) groups is 1. The summed E-state index contributed by atoms with van der Waals surface area (Å²) >= 11 is 0. The summed E-state index contributed by atoms with van der Waals surface area (Å²) in [7, 11) is 0. The predicted molar refractivity (Wildman–Crippen MR) is 121 cm³/mol. The van der Waals surface area contributed by atoms with E-state index in [4.69, 9.17) is 4.74 Å². The number of hydrogen-bond acceptors (Lipinski definition) is 5. The van der Waals surface area contributed by atoms with Crippen molar-refractivity contribution in [1.29, 1.82) is 0 Å². The van der Waals surface area contributed by atoms with Crippen LogP contribution in [0.2, 0.25) is 0 Å². The van der Waals surface area contributed by atoms with Crippen LogP contribution in [0.5, 0.6) is 0 Å². The number of nitrogens with one attached hydrogen (secondary N) is 2. The Morgan fingerprint density at radius 3 is 2.40 bits per heavy atom. The van der Waals surface area contributed by atoms with Crippen LogP contribution >= 0.6 is 0 Å². The van der Waals surface area contributed by atoms with Crippen molar-refractivity contribution in [1.82, 2.24) is 30.2 Å². The van der Waals surface area contributed by atoms with E-state index in [-0.39, 0.29) is 19.0 Å². The van der Waals surface area contributed by atoms with E-state index in [1.807, 2.05) is 0 Å². The SMILES string of the molecule is CC(C)c1n[nH]c2c1CN(C1COC1)CC(CC(C)c1n[nH]c3c1CN(C(=O)CC(F)(F)F)C3)C2. The molecule has 0 aromatic carbocycles. The van der Waals surface area contributed by atoms with Crippen molar-refractivity contribution >= 4 is 5.91 Å². The lowest BCUT2D eigenvalue weighted by Gasteiger charge is -2.38. The number of fused-ring (bicyclic) bond motifs is 2. The summed E-state index contributed by atoms with van der Waals surface area (Å²) in [6, 6.07) is 0.413. The van der Waals surface area contributed by atoms with Gasteiger partial charge in [0.05, 0.1) is 42.9 Å². The Morgan fingerprint density at radius 1 is 1.06 bits per heavy atom. The molecule has 2 unspecified atom stereocenters. The minimum absolute atomic E-state index is 0.103. The van der Waals surface area contributed by atoms with Crippen LogP contribution in [0.15, 0.2) is 0 Å². The first-order valence-corrected chi connectivity index (χ1v) is 12.4. The van der Waals surface area contributed by atoms with Crippen LogP contribution in [-0.2, 0) is 35.6 Å². The lowest BCUT2D eigenvalue weighted by atomic mass is 9.88. The molecule has 8 nitrogen and oxygen atoms in total. The number of amides is 1. The third-order valence-electron chi connectivity index (χ3n) is 7.56. The highest BCUT2D eigenvalue weighted by atomic mass is 19.4. The molecule has 3 aliphatic heterocycles. The minimum Gasteiger partial charge on any atom is -0.378 e. The number of alkyl halides is 3. The normalized spacial score (nSPS) is 22.1. The highest BCUT2D eigenvalue weighted by Crippen LogP contribution is 2.36. The molecule has 2 aromatic heterocycles. The van der Waals surface area contributed by atoms with Gasteiger partial charge in [-0.25, -0.2) is 0 Å². The van der Waals surface area contributed by atoms with E-state index >= 15 is 0 Å². The Bertz CT molecular complexity index is 1070. The third-order valence-corrected chi connectivity index (χ3v) is 7.56. The van der Waals surface area contributed by atoms with Crippen LogP contribution < -0.4 is 0 Å². The molecule has 0 radical (unpaired) electrons. The van der Waals surface area contributed by atoms with Crippen molar-refractivity contribution in [3.8, 4) is 0 Å². The first kappa shape index (κ1) is 24.3. The monoisotopic (exact) mass is 494 g/mol. The fourth-order valence-corrected chi connectivity index (χ4v) is 5.70. The van der Waals surface area contributed by atoms with Crippen molar-refractivity contribution < 1.29 is 22.7 Å². The molecule has 11 heteroatoms. The summed E-state index contributed by atoms with van der Waals surface area (Å²) < 4.78 is 43.6. The van der Waals surface area contributed by atoms with E-state index < -0.39 is 18.5 Å². The molecular weight excluding hydrogens is 461 g/mol. The number of halogens is 3. The van der Waals surface area contributed by atoms with Gasteiger partial charge in [-0.2, -0.15) is 23.4 Å². The maximum absolute atomic E-state index is 12.7. The van der Waals surface area contributed by atoms with Crippen LogP contribution in [0, 0.1) is 5.92 Å². The van der Waals surface area contributed by atoms with E-state index in [1.165, 1.54) is 16.2 Å². The molecular formula is C24H33F3N6O2. The molecule has 192 valence electrons. The maximum atomic E-state index is 12.7. The molecule has 0 aliphatic carbocycles. The summed E-state index contributed by atoms with van der Waals surface area (Å²) in [6.45, 7) is 10.1. The van der Waals surface area contributed by atoms with Gasteiger partial charge in [0.25, 0.3) is 0 Å². The Balaban J connectivity index is 1.30. The zero-order valence-corrected chi connectivity index (χ0v) is 20.4. The second-order valence-electron chi connectivity index (χ2n) is 10.7.